The van der Waals surface area contributed by atoms with Crippen LogP contribution in [0.1, 0.15) is 4.88 Å². The summed E-state index contributed by atoms with van der Waals surface area (Å²) in [6.45, 7) is 0.472. The molecule has 2 rings (SSSR count). The summed E-state index contributed by atoms with van der Waals surface area (Å²) in [6, 6.07) is 9.29. The molecule has 0 amide bonds. The number of hydrogen-bond donors (Lipinski definition) is 0. The smallest absolute Gasteiger partial charge is 0.157 e. The molecule has 0 saturated carbocycles. The molecule has 0 aliphatic heterocycles. The molecular formula is C11H7BrCl2OS. The Hall–Kier alpha value is -0.220. The highest BCUT2D eigenvalue weighted by Crippen LogP contribution is 2.33. The van der Waals surface area contributed by atoms with Crippen LogP contribution in [0, 0.1) is 0 Å². The quantitative estimate of drug-likeness (QED) is 0.728. The van der Waals surface area contributed by atoms with Gasteiger partial charge in [-0.05, 0) is 40.2 Å². The molecule has 0 bridgehead atoms. The van der Waals surface area contributed by atoms with Crippen molar-refractivity contribution < 1.29 is 4.74 Å². The fourth-order valence-electron chi connectivity index (χ4n) is 1.19. The van der Waals surface area contributed by atoms with Gasteiger partial charge in [-0.25, -0.2) is 0 Å². The van der Waals surface area contributed by atoms with Crippen molar-refractivity contribution >= 4 is 50.5 Å². The first kappa shape index (κ1) is 12.2. The van der Waals surface area contributed by atoms with Crippen LogP contribution in [0.15, 0.2) is 34.1 Å². The number of halogens is 3. The van der Waals surface area contributed by atoms with Gasteiger partial charge in [-0.3, -0.25) is 0 Å². The van der Waals surface area contributed by atoms with Crippen LogP contribution in [0.3, 0.4) is 0 Å². The summed E-state index contributed by atoms with van der Waals surface area (Å²) < 4.78 is 6.67. The van der Waals surface area contributed by atoms with Gasteiger partial charge in [0.15, 0.2) is 5.75 Å². The van der Waals surface area contributed by atoms with E-state index >= 15 is 0 Å². The van der Waals surface area contributed by atoms with Gasteiger partial charge < -0.3 is 4.74 Å². The second-order valence-corrected chi connectivity index (χ2v) is 6.41. The minimum atomic E-state index is 0.472. The second kappa shape index (κ2) is 5.41. The highest BCUT2D eigenvalue weighted by molar-refractivity contribution is 9.11. The van der Waals surface area contributed by atoms with Crippen molar-refractivity contribution in [2.24, 2.45) is 0 Å². The molecule has 0 atom stereocenters. The Morgan fingerprint density at radius 1 is 1.12 bits per heavy atom. The van der Waals surface area contributed by atoms with Gasteiger partial charge in [-0.2, -0.15) is 0 Å². The lowest BCUT2D eigenvalue weighted by Gasteiger charge is -2.08. The van der Waals surface area contributed by atoms with E-state index in [9.17, 15) is 0 Å². The SMILES string of the molecule is Clc1cccc(Cl)c1OCc1ccc(Br)s1. The van der Waals surface area contributed by atoms with Crippen LogP contribution in [0.4, 0.5) is 0 Å². The molecule has 0 N–H and O–H groups in total. The number of rotatable bonds is 3. The van der Waals surface area contributed by atoms with E-state index in [2.05, 4.69) is 15.9 Å². The summed E-state index contributed by atoms with van der Waals surface area (Å²) in [5.74, 6) is 0.537. The second-order valence-electron chi connectivity index (χ2n) is 3.05. The minimum Gasteiger partial charge on any atom is -0.485 e. The molecule has 1 heterocycles. The Morgan fingerprint density at radius 2 is 1.81 bits per heavy atom. The van der Waals surface area contributed by atoms with Crippen LogP contribution >= 0.6 is 50.5 Å². The monoisotopic (exact) mass is 336 g/mol. The van der Waals surface area contributed by atoms with Crippen LogP contribution in [0.25, 0.3) is 0 Å². The van der Waals surface area contributed by atoms with Crippen LogP contribution in [0.2, 0.25) is 10.0 Å². The van der Waals surface area contributed by atoms with E-state index in [-0.39, 0.29) is 0 Å². The van der Waals surface area contributed by atoms with Crippen molar-refractivity contribution in [3.05, 3.63) is 49.0 Å². The van der Waals surface area contributed by atoms with Gasteiger partial charge >= 0.3 is 0 Å². The van der Waals surface area contributed by atoms with Gasteiger partial charge in [0.1, 0.15) is 6.61 Å². The topological polar surface area (TPSA) is 9.23 Å². The van der Waals surface area contributed by atoms with E-state index in [1.165, 1.54) is 0 Å². The molecule has 5 heteroatoms. The maximum Gasteiger partial charge on any atom is 0.157 e. The van der Waals surface area contributed by atoms with Gasteiger partial charge in [-0.1, -0.05) is 29.3 Å². The summed E-state index contributed by atoms with van der Waals surface area (Å²) in [4.78, 5) is 1.11. The van der Waals surface area contributed by atoms with E-state index in [1.54, 1.807) is 29.5 Å². The average molecular weight is 338 g/mol. The number of benzene rings is 1. The standard InChI is InChI=1S/C11H7BrCl2OS/c12-10-5-4-7(16-10)6-15-11-8(13)2-1-3-9(11)14/h1-5H,6H2. The lowest BCUT2D eigenvalue weighted by Crippen LogP contribution is -1.94. The third-order valence-electron chi connectivity index (χ3n) is 1.91. The van der Waals surface area contributed by atoms with Crippen LogP contribution in [-0.4, -0.2) is 0 Å². The van der Waals surface area contributed by atoms with Crippen molar-refractivity contribution in [2.45, 2.75) is 6.61 Å². The summed E-state index contributed by atoms with van der Waals surface area (Å²) in [5.41, 5.74) is 0. The Morgan fingerprint density at radius 3 is 2.38 bits per heavy atom. The van der Waals surface area contributed by atoms with Gasteiger partial charge in [0, 0.05) is 4.88 Å². The summed E-state index contributed by atoms with van der Waals surface area (Å²) >= 11 is 17.0. The van der Waals surface area contributed by atoms with Crippen LogP contribution in [0.5, 0.6) is 5.75 Å². The lowest BCUT2D eigenvalue weighted by molar-refractivity contribution is 0.310. The summed E-state index contributed by atoms with van der Waals surface area (Å²) in [6.07, 6.45) is 0. The van der Waals surface area contributed by atoms with Crippen LogP contribution < -0.4 is 4.74 Å². The number of thiophene rings is 1. The first-order valence-electron chi connectivity index (χ1n) is 4.48. The highest BCUT2D eigenvalue weighted by Gasteiger charge is 2.07. The highest BCUT2D eigenvalue weighted by atomic mass is 79.9. The average Bonchev–Trinajstić information content (AvgIpc) is 2.63. The van der Waals surface area contributed by atoms with E-state index in [0.717, 1.165) is 8.66 Å². The van der Waals surface area contributed by atoms with Crippen molar-refractivity contribution in [3.63, 3.8) is 0 Å². The van der Waals surface area contributed by atoms with Crippen molar-refractivity contribution in [3.8, 4) is 5.75 Å². The largest absolute Gasteiger partial charge is 0.485 e. The molecule has 0 spiro atoms. The van der Waals surface area contributed by atoms with Crippen molar-refractivity contribution in [2.75, 3.05) is 0 Å². The Labute approximate surface area is 116 Å². The number of hydrogen-bond acceptors (Lipinski definition) is 2. The molecule has 0 unspecified atom stereocenters. The normalized spacial score (nSPS) is 10.4. The predicted octanol–water partition coefficient (Wildman–Crippen LogP) is 5.40. The first-order chi connectivity index (χ1) is 7.66. The molecular weight excluding hydrogens is 331 g/mol. The molecule has 2 aromatic rings. The Balaban J connectivity index is 2.10. The molecule has 1 aromatic heterocycles. The predicted molar refractivity (Wildman–Crippen MR) is 72.8 cm³/mol. The van der Waals surface area contributed by atoms with Gasteiger partial charge in [0.2, 0.25) is 0 Å². The number of ether oxygens (including phenoxy) is 1. The van der Waals surface area contributed by atoms with Crippen molar-refractivity contribution in [1.29, 1.82) is 0 Å². The molecule has 0 aliphatic rings. The van der Waals surface area contributed by atoms with Gasteiger partial charge in [0.25, 0.3) is 0 Å². The maximum absolute atomic E-state index is 5.99. The zero-order chi connectivity index (χ0) is 11.5. The first-order valence-corrected chi connectivity index (χ1v) is 6.84. The third kappa shape index (κ3) is 2.92. The Bertz CT molecular complexity index is 478. The fourth-order valence-corrected chi connectivity index (χ4v) is 3.10. The zero-order valence-electron chi connectivity index (χ0n) is 8.04. The van der Waals surface area contributed by atoms with Crippen molar-refractivity contribution in [1.82, 2.24) is 0 Å². The molecule has 16 heavy (non-hydrogen) atoms. The molecule has 0 fully saturated rings. The van der Waals surface area contributed by atoms with Crippen LogP contribution in [-0.2, 0) is 6.61 Å². The third-order valence-corrected chi connectivity index (χ3v) is 4.10. The Kier molecular flexibility index (Phi) is 4.14. The lowest BCUT2D eigenvalue weighted by atomic mass is 10.3. The summed E-state index contributed by atoms with van der Waals surface area (Å²) in [7, 11) is 0. The van der Waals surface area contributed by atoms with Gasteiger partial charge in [-0.15, -0.1) is 11.3 Å². The molecule has 1 aromatic carbocycles. The molecule has 0 saturated heterocycles. The molecule has 0 aliphatic carbocycles. The molecule has 0 radical (unpaired) electrons. The minimum absolute atomic E-state index is 0.472. The van der Waals surface area contributed by atoms with E-state index in [1.807, 2.05) is 12.1 Å². The van der Waals surface area contributed by atoms with E-state index < -0.39 is 0 Å². The summed E-state index contributed by atoms with van der Waals surface area (Å²) in [5, 5.41) is 1.06. The fraction of sp³-hybridized carbons (Fsp3) is 0.0909. The van der Waals surface area contributed by atoms with E-state index in [0.29, 0.717) is 22.4 Å². The number of para-hydroxylation sites is 1. The zero-order valence-corrected chi connectivity index (χ0v) is 12.0. The van der Waals surface area contributed by atoms with Gasteiger partial charge in [0.05, 0.1) is 13.8 Å². The molecule has 84 valence electrons. The molecule has 1 nitrogen and oxygen atoms in total. The maximum atomic E-state index is 5.99. The van der Waals surface area contributed by atoms with E-state index in [4.69, 9.17) is 27.9 Å².